The molecule has 1 heterocycles. The lowest BCUT2D eigenvalue weighted by atomic mass is 10.2. The summed E-state index contributed by atoms with van der Waals surface area (Å²) in [7, 11) is 2.93. The molecular weight excluding hydrogens is 326 g/mol. The number of hydrogen-bond acceptors (Lipinski definition) is 5. The predicted molar refractivity (Wildman–Crippen MR) is 78.1 cm³/mol. The van der Waals surface area contributed by atoms with Gasteiger partial charge in [0.05, 0.1) is 25.0 Å². The fourth-order valence-corrected chi connectivity index (χ4v) is 2.26. The molecule has 0 bridgehead atoms. The Morgan fingerprint density at radius 3 is 2.80 bits per heavy atom. The summed E-state index contributed by atoms with van der Waals surface area (Å²) < 4.78 is 15.8. The summed E-state index contributed by atoms with van der Waals surface area (Å²) >= 11 is 3.42. The summed E-state index contributed by atoms with van der Waals surface area (Å²) in [5.41, 5.74) is 1.64. The van der Waals surface area contributed by atoms with E-state index >= 15 is 0 Å². The summed E-state index contributed by atoms with van der Waals surface area (Å²) in [5, 5.41) is 3.21. The quantitative estimate of drug-likeness (QED) is 0.845. The van der Waals surface area contributed by atoms with Gasteiger partial charge in [0.1, 0.15) is 5.75 Å². The normalized spacial score (nSPS) is 10.2. The van der Waals surface area contributed by atoms with Crippen molar-refractivity contribution in [2.75, 3.05) is 19.5 Å². The molecule has 2 rings (SSSR count). The highest BCUT2D eigenvalue weighted by molar-refractivity contribution is 9.10. The molecule has 6 heteroatoms. The van der Waals surface area contributed by atoms with Crippen molar-refractivity contribution in [3.63, 3.8) is 0 Å². The minimum Gasteiger partial charge on any atom is -0.496 e. The van der Waals surface area contributed by atoms with Crippen LogP contribution in [0.5, 0.6) is 5.75 Å². The molecule has 20 heavy (non-hydrogen) atoms. The van der Waals surface area contributed by atoms with Crippen LogP contribution in [0, 0.1) is 0 Å². The molecule has 0 saturated carbocycles. The lowest BCUT2D eigenvalue weighted by Crippen LogP contribution is -2.06. The standard InChI is InChI=1S/C14H14BrNO4/c1-18-12-4-3-10(7-11(12)15)16-8-9-5-6-20-13(9)14(17)19-2/h3-7,16H,8H2,1-2H3. The van der Waals surface area contributed by atoms with E-state index in [9.17, 15) is 4.79 Å². The van der Waals surface area contributed by atoms with Gasteiger partial charge in [-0.05, 0) is 40.2 Å². The number of halogens is 1. The molecule has 5 nitrogen and oxygen atoms in total. The van der Waals surface area contributed by atoms with Gasteiger partial charge in [0, 0.05) is 17.8 Å². The smallest absolute Gasteiger partial charge is 0.374 e. The van der Waals surface area contributed by atoms with Gasteiger partial charge in [0.25, 0.3) is 0 Å². The van der Waals surface area contributed by atoms with Crippen LogP contribution in [0.15, 0.2) is 39.4 Å². The van der Waals surface area contributed by atoms with Crippen molar-refractivity contribution in [3.05, 3.63) is 46.3 Å². The third-order valence-electron chi connectivity index (χ3n) is 2.75. The van der Waals surface area contributed by atoms with Crippen LogP contribution in [0.1, 0.15) is 16.1 Å². The first-order chi connectivity index (χ1) is 9.65. The number of carbonyl (C=O) groups excluding carboxylic acids is 1. The van der Waals surface area contributed by atoms with Crippen LogP contribution < -0.4 is 10.1 Å². The van der Waals surface area contributed by atoms with Gasteiger partial charge in [0.2, 0.25) is 5.76 Å². The number of carbonyl (C=O) groups is 1. The van der Waals surface area contributed by atoms with Crippen molar-refractivity contribution in [1.29, 1.82) is 0 Å². The first-order valence-corrected chi connectivity index (χ1v) is 6.67. The molecule has 0 aliphatic rings. The zero-order valence-electron chi connectivity index (χ0n) is 11.1. The molecule has 0 radical (unpaired) electrons. The average Bonchev–Trinajstić information content (AvgIpc) is 2.93. The molecular formula is C14H14BrNO4. The van der Waals surface area contributed by atoms with E-state index in [-0.39, 0.29) is 5.76 Å². The van der Waals surface area contributed by atoms with Crippen molar-refractivity contribution in [2.24, 2.45) is 0 Å². The van der Waals surface area contributed by atoms with Gasteiger partial charge < -0.3 is 19.2 Å². The Balaban J connectivity index is 2.07. The first-order valence-electron chi connectivity index (χ1n) is 5.87. The third-order valence-corrected chi connectivity index (χ3v) is 3.37. The van der Waals surface area contributed by atoms with Crippen LogP contribution in [0.25, 0.3) is 0 Å². The van der Waals surface area contributed by atoms with E-state index in [1.807, 2.05) is 18.2 Å². The number of esters is 1. The van der Waals surface area contributed by atoms with E-state index in [0.29, 0.717) is 6.54 Å². The maximum Gasteiger partial charge on any atom is 0.374 e. The maximum absolute atomic E-state index is 11.5. The minimum absolute atomic E-state index is 0.215. The summed E-state index contributed by atoms with van der Waals surface area (Å²) in [6.45, 7) is 0.458. The predicted octanol–water partition coefficient (Wildman–Crippen LogP) is 3.45. The molecule has 0 spiro atoms. The summed E-state index contributed by atoms with van der Waals surface area (Å²) in [4.78, 5) is 11.5. The Labute approximate surface area is 125 Å². The number of rotatable bonds is 5. The fourth-order valence-electron chi connectivity index (χ4n) is 1.72. The molecule has 0 saturated heterocycles. The van der Waals surface area contributed by atoms with E-state index in [0.717, 1.165) is 21.5 Å². The van der Waals surface area contributed by atoms with Crippen molar-refractivity contribution < 1.29 is 18.7 Å². The highest BCUT2D eigenvalue weighted by atomic mass is 79.9. The third kappa shape index (κ3) is 3.14. The molecule has 1 N–H and O–H groups in total. The molecule has 0 unspecified atom stereocenters. The lowest BCUT2D eigenvalue weighted by molar-refractivity contribution is 0.0563. The van der Waals surface area contributed by atoms with E-state index in [1.54, 1.807) is 13.2 Å². The molecule has 1 aromatic heterocycles. The molecule has 0 aliphatic carbocycles. The molecule has 0 atom stereocenters. The van der Waals surface area contributed by atoms with Crippen molar-refractivity contribution in [3.8, 4) is 5.75 Å². The van der Waals surface area contributed by atoms with Crippen molar-refractivity contribution >= 4 is 27.6 Å². The Bertz CT molecular complexity index is 609. The Kier molecular flexibility index (Phi) is 4.68. The summed E-state index contributed by atoms with van der Waals surface area (Å²) in [6.07, 6.45) is 1.47. The largest absolute Gasteiger partial charge is 0.496 e. The van der Waals surface area contributed by atoms with E-state index in [1.165, 1.54) is 13.4 Å². The van der Waals surface area contributed by atoms with Gasteiger partial charge in [-0.25, -0.2) is 4.79 Å². The number of anilines is 1. The second-order valence-electron chi connectivity index (χ2n) is 3.97. The van der Waals surface area contributed by atoms with Crippen LogP contribution in [0.2, 0.25) is 0 Å². The zero-order valence-corrected chi connectivity index (χ0v) is 12.7. The Morgan fingerprint density at radius 2 is 2.15 bits per heavy atom. The second kappa shape index (κ2) is 6.47. The number of ether oxygens (including phenoxy) is 2. The van der Waals surface area contributed by atoms with Crippen molar-refractivity contribution in [2.45, 2.75) is 6.54 Å². The van der Waals surface area contributed by atoms with Gasteiger partial charge >= 0.3 is 5.97 Å². The Morgan fingerprint density at radius 1 is 1.35 bits per heavy atom. The van der Waals surface area contributed by atoms with E-state index in [2.05, 4.69) is 26.0 Å². The molecule has 0 amide bonds. The number of methoxy groups -OCH3 is 2. The second-order valence-corrected chi connectivity index (χ2v) is 4.82. The van der Waals surface area contributed by atoms with E-state index < -0.39 is 5.97 Å². The lowest BCUT2D eigenvalue weighted by Gasteiger charge is -2.09. The van der Waals surface area contributed by atoms with Gasteiger partial charge in [0.15, 0.2) is 0 Å². The molecule has 1 aromatic carbocycles. The van der Waals surface area contributed by atoms with Crippen LogP contribution in [0.4, 0.5) is 5.69 Å². The number of nitrogens with one attached hydrogen (secondary N) is 1. The number of furan rings is 1. The SMILES string of the molecule is COC(=O)c1occc1CNc1ccc(OC)c(Br)c1. The molecule has 2 aromatic rings. The van der Waals surface area contributed by atoms with Crippen LogP contribution in [0.3, 0.4) is 0 Å². The maximum atomic E-state index is 11.5. The highest BCUT2D eigenvalue weighted by Gasteiger charge is 2.15. The fraction of sp³-hybridized carbons (Fsp3) is 0.214. The average molecular weight is 340 g/mol. The number of benzene rings is 1. The molecule has 0 aliphatic heterocycles. The first kappa shape index (κ1) is 14.5. The van der Waals surface area contributed by atoms with Gasteiger partial charge in [-0.3, -0.25) is 0 Å². The van der Waals surface area contributed by atoms with Gasteiger partial charge in [-0.1, -0.05) is 0 Å². The van der Waals surface area contributed by atoms with Crippen LogP contribution >= 0.6 is 15.9 Å². The van der Waals surface area contributed by atoms with Crippen LogP contribution in [-0.2, 0) is 11.3 Å². The number of hydrogen-bond donors (Lipinski definition) is 1. The topological polar surface area (TPSA) is 60.7 Å². The summed E-state index contributed by atoms with van der Waals surface area (Å²) in [5.74, 6) is 0.490. The van der Waals surface area contributed by atoms with E-state index in [4.69, 9.17) is 9.15 Å². The minimum atomic E-state index is -0.484. The highest BCUT2D eigenvalue weighted by Crippen LogP contribution is 2.28. The zero-order chi connectivity index (χ0) is 14.5. The summed E-state index contributed by atoms with van der Waals surface area (Å²) in [6, 6.07) is 7.37. The van der Waals surface area contributed by atoms with Gasteiger partial charge in [-0.15, -0.1) is 0 Å². The monoisotopic (exact) mass is 339 g/mol. The Hall–Kier alpha value is -1.95. The molecule has 0 fully saturated rings. The van der Waals surface area contributed by atoms with Crippen LogP contribution in [-0.4, -0.2) is 20.2 Å². The van der Waals surface area contributed by atoms with Gasteiger partial charge in [-0.2, -0.15) is 0 Å². The molecule has 106 valence electrons. The van der Waals surface area contributed by atoms with Crippen molar-refractivity contribution in [1.82, 2.24) is 0 Å².